The van der Waals surface area contributed by atoms with Gasteiger partial charge in [-0.25, -0.2) is 0 Å². The van der Waals surface area contributed by atoms with Crippen molar-refractivity contribution in [3.8, 4) is 11.5 Å². The molecule has 8 heteroatoms. The Kier molecular flexibility index (Phi) is 5.40. The van der Waals surface area contributed by atoms with Gasteiger partial charge in [0, 0.05) is 19.6 Å². The summed E-state index contributed by atoms with van der Waals surface area (Å²) in [5.74, 6) is 0.0590. The molecule has 0 bridgehead atoms. The largest absolute Gasteiger partial charge is 0.486 e. The maximum atomic E-state index is 12.9. The SMILES string of the molecule is CN(CC(=O)O)CC1CN(C(=O)c2cccc3c2OCCO3)CCO1. The van der Waals surface area contributed by atoms with Gasteiger partial charge in [-0.3, -0.25) is 14.5 Å². The number of amides is 1. The number of hydrogen-bond acceptors (Lipinski definition) is 6. The number of nitrogens with zero attached hydrogens (tertiary/aromatic N) is 2. The van der Waals surface area contributed by atoms with Crippen molar-refractivity contribution in [2.75, 3.05) is 53.0 Å². The van der Waals surface area contributed by atoms with Gasteiger partial charge in [-0.05, 0) is 19.2 Å². The Balaban J connectivity index is 1.67. The van der Waals surface area contributed by atoms with Crippen molar-refractivity contribution < 1.29 is 28.9 Å². The van der Waals surface area contributed by atoms with Crippen LogP contribution in [0, 0.1) is 0 Å². The number of hydrogen-bond donors (Lipinski definition) is 1. The number of benzene rings is 1. The number of rotatable bonds is 5. The fourth-order valence-electron chi connectivity index (χ4n) is 3.07. The van der Waals surface area contributed by atoms with E-state index >= 15 is 0 Å². The molecule has 0 aromatic heterocycles. The molecule has 1 fully saturated rings. The van der Waals surface area contributed by atoms with Gasteiger partial charge in [0.2, 0.25) is 0 Å². The van der Waals surface area contributed by atoms with Gasteiger partial charge >= 0.3 is 5.97 Å². The molecule has 1 N–H and O–H groups in total. The fourth-order valence-corrected chi connectivity index (χ4v) is 3.07. The summed E-state index contributed by atoms with van der Waals surface area (Å²) < 4.78 is 16.8. The minimum Gasteiger partial charge on any atom is -0.486 e. The quantitative estimate of drug-likeness (QED) is 0.818. The van der Waals surface area contributed by atoms with E-state index in [0.29, 0.717) is 56.5 Å². The van der Waals surface area contributed by atoms with Gasteiger partial charge in [-0.15, -0.1) is 0 Å². The van der Waals surface area contributed by atoms with Crippen LogP contribution in [0.5, 0.6) is 11.5 Å². The standard InChI is InChI=1S/C17H22N2O6/c1-18(11-15(20)21)9-12-10-19(5-6-23-12)17(22)13-3-2-4-14-16(13)25-8-7-24-14/h2-4,12H,5-11H2,1H3,(H,20,21). The molecule has 136 valence electrons. The smallest absolute Gasteiger partial charge is 0.317 e. The van der Waals surface area contributed by atoms with Crippen molar-refractivity contribution in [1.82, 2.24) is 9.80 Å². The lowest BCUT2D eigenvalue weighted by Crippen LogP contribution is -2.49. The lowest BCUT2D eigenvalue weighted by molar-refractivity contribution is -0.138. The number of carbonyl (C=O) groups excluding carboxylic acids is 1. The zero-order chi connectivity index (χ0) is 17.8. The van der Waals surface area contributed by atoms with E-state index in [9.17, 15) is 9.59 Å². The highest BCUT2D eigenvalue weighted by atomic mass is 16.6. The normalized spacial score (nSPS) is 19.8. The first-order valence-electron chi connectivity index (χ1n) is 8.24. The number of fused-ring (bicyclic) bond motifs is 1. The Morgan fingerprint density at radius 3 is 2.88 bits per heavy atom. The van der Waals surface area contributed by atoms with Crippen molar-refractivity contribution in [3.63, 3.8) is 0 Å². The van der Waals surface area contributed by atoms with Crippen LogP contribution in [0.4, 0.5) is 0 Å². The van der Waals surface area contributed by atoms with Crippen LogP contribution in [0.2, 0.25) is 0 Å². The molecule has 2 aliphatic heterocycles. The van der Waals surface area contributed by atoms with Gasteiger partial charge in [0.25, 0.3) is 5.91 Å². The Morgan fingerprint density at radius 2 is 2.08 bits per heavy atom. The topological polar surface area (TPSA) is 88.5 Å². The maximum Gasteiger partial charge on any atom is 0.317 e. The van der Waals surface area contributed by atoms with E-state index in [1.54, 1.807) is 35.0 Å². The minimum atomic E-state index is -0.890. The van der Waals surface area contributed by atoms with Gasteiger partial charge in [-0.2, -0.15) is 0 Å². The van der Waals surface area contributed by atoms with E-state index < -0.39 is 5.97 Å². The summed E-state index contributed by atoms with van der Waals surface area (Å²) in [4.78, 5) is 27.1. The molecule has 1 aromatic rings. The van der Waals surface area contributed by atoms with Crippen LogP contribution in [-0.2, 0) is 9.53 Å². The predicted octanol–water partition coefficient (Wildman–Crippen LogP) is 0.315. The number of morpholine rings is 1. The van der Waals surface area contributed by atoms with Crippen LogP contribution in [0.3, 0.4) is 0 Å². The molecule has 25 heavy (non-hydrogen) atoms. The molecule has 3 rings (SSSR count). The van der Waals surface area contributed by atoms with Crippen LogP contribution >= 0.6 is 0 Å². The third-order valence-electron chi connectivity index (χ3n) is 4.14. The average molecular weight is 350 g/mol. The Hall–Kier alpha value is -2.32. The van der Waals surface area contributed by atoms with E-state index in [0.717, 1.165) is 0 Å². The summed E-state index contributed by atoms with van der Waals surface area (Å²) in [7, 11) is 1.72. The lowest BCUT2D eigenvalue weighted by Gasteiger charge is -2.35. The van der Waals surface area contributed by atoms with E-state index in [1.165, 1.54) is 0 Å². The first kappa shape index (κ1) is 17.5. The minimum absolute atomic E-state index is 0.0643. The first-order valence-corrected chi connectivity index (χ1v) is 8.24. The van der Waals surface area contributed by atoms with Crippen LogP contribution in [-0.4, -0.2) is 85.9 Å². The first-order chi connectivity index (χ1) is 12.0. The Morgan fingerprint density at radius 1 is 1.28 bits per heavy atom. The number of carboxylic acids is 1. The molecule has 0 radical (unpaired) electrons. The number of likely N-dealkylation sites (N-methyl/N-ethyl adjacent to an activating group) is 1. The average Bonchev–Trinajstić information content (AvgIpc) is 2.60. The summed E-state index contributed by atoms with van der Waals surface area (Å²) in [6.45, 7) is 2.59. The van der Waals surface area contributed by atoms with Crippen molar-refractivity contribution in [3.05, 3.63) is 23.8 Å². The second-order valence-electron chi connectivity index (χ2n) is 6.16. The van der Waals surface area contributed by atoms with Gasteiger partial charge in [0.1, 0.15) is 13.2 Å². The third-order valence-corrected chi connectivity index (χ3v) is 4.14. The summed E-state index contributed by atoms with van der Waals surface area (Å²) >= 11 is 0. The number of ether oxygens (including phenoxy) is 3. The Bertz CT molecular complexity index is 650. The highest BCUT2D eigenvalue weighted by Crippen LogP contribution is 2.34. The number of para-hydroxylation sites is 1. The molecule has 0 aliphatic carbocycles. The van der Waals surface area contributed by atoms with Gasteiger partial charge in [-0.1, -0.05) is 6.07 Å². The zero-order valence-electron chi connectivity index (χ0n) is 14.1. The predicted molar refractivity (Wildman–Crippen MR) is 88.2 cm³/mol. The molecular formula is C17H22N2O6. The Labute approximate surface area is 145 Å². The highest BCUT2D eigenvalue weighted by molar-refractivity contribution is 5.98. The van der Waals surface area contributed by atoms with Crippen molar-refractivity contribution >= 4 is 11.9 Å². The fraction of sp³-hybridized carbons (Fsp3) is 0.529. The second kappa shape index (κ2) is 7.71. The summed E-state index contributed by atoms with van der Waals surface area (Å²) in [5, 5.41) is 8.84. The summed E-state index contributed by atoms with van der Waals surface area (Å²) in [6, 6.07) is 5.30. The lowest BCUT2D eigenvalue weighted by atomic mass is 10.1. The highest BCUT2D eigenvalue weighted by Gasteiger charge is 2.29. The van der Waals surface area contributed by atoms with E-state index in [4.69, 9.17) is 19.3 Å². The zero-order valence-corrected chi connectivity index (χ0v) is 14.1. The van der Waals surface area contributed by atoms with Crippen LogP contribution in [0.15, 0.2) is 18.2 Å². The van der Waals surface area contributed by atoms with Crippen molar-refractivity contribution in [1.29, 1.82) is 0 Å². The molecule has 0 saturated carbocycles. The molecule has 1 saturated heterocycles. The number of carbonyl (C=O) groups is 2. The summed E-state index contributed by atoms with van der Waals surface area (Å²) in [6.07, 6.45) is -0.223. The van der Waals surface area contributed by atoms with Crippen LogP contribution in [0.25, 0.3) is 0 Å². The molecular weight excluding hydrogens is 328 g/mol. The molecule has 1 amide bonds. The van der Waals surface area contributed by atoms with Gasteiger partial charge in [0.15, 0.2) is 11.5 Å². The van der Waals surface area contributed by atoms with E-state index in [2.05, 4.69) is 0 Å². The second-order valence-corrected chi connectivity index (χ2v) is 6.16. The number of aliphatic carboxylic acids is 1. The number of carboxylic acid groups (broad SMARTS) is 1. The van der Waals surface area contributed by atoms with Crippen molar-refractivity contribution in [2.45, 2.75) is 6.10 Å². The molecule has 1 unspecified atom stereocenters. The summed E-state index contributed by atoms with van der Waals surface area (Å²) in [5.41, 5.74) is 0.483. The molecule has 8 nitrogen and oxygen atoms in total. The van der Waals surface area contributed by atoms with E-state index in [-0.39, 0.29) is 18.6 Å². The maximum absolute atomic E-state index is 12.9. The molecule has 0 spiro atoms. The molecule has 2 aliphatic rings. The molecule has 2 heterocycles. The molecule has 1 atom stereocenters. The third kappa shape index (κ3) is 4.21. The monoisotopic (exact) mass is 350 g/mol. The van der Waals surface area contributed by atoms with Crippen LogP contribution in [0.1, 0.15) is 10.4 Å². The van der Waals surface area contributed by atoms with Gasteiger partial charge in [0.05, 0.1) is 24.8 Å². The van der Waals surface area contributed by atoms with E-state index in [1.807, 2.05) is 0 Å². The molecule has 1 aromatic carbocycles. The van der Waals surface area contributed by atoms with Gasteiger partial charge < -0.3 is 24.2 Å². The van der Waals surface area contributed by atoms with Crippen LogP contribution < -0.4 is 9.47 Å². The van der Waals surface area contributed by atoms with Crippen molar-refractivity contribution in [2.24, 2.45) is 0 Å².